The maximum Gasteiger partial charge on any atom is 0.259 e. The number of halogens is 1. The van der Waals surface area contributed by atoms with Crippen LogP contribution in [0.4, 0.5) is 0 Å². The van der Waals surface area contributed by atoms with Crippen LogP contribution in [0.25, 0.3) is 11.1 Å². The van der Waals surface area contributed by atoms with Gasteiger partial charge >= 0.3 is 0 Å². The van der Waals surface area contributed by atoms with E-state index in [1.54, 1.807) is 0 Å². The number of carbonyl (C=O) groups is 1. The van der Waals surface area contributed by atoms with E-state index in [1.165, 1.54) is 0 Å². The second kappa shape index (κ2) is 7.92. The lowest BCUT2D eigenvalue weighted by molar-refractivity contribution is 0.0930. The minimum atomic E-state index is -0.0415. The Kier molecular flexibility index (Phi) is 5.82. The lowest BCUT2D eigenvalue weighted by atomic mass is 10.0. The quantitative estimate of drug-likeness (QED) is 0.803. The molecule has 4 rings (SSSR count). The molecular weight excluding hydrogens is 352 g/mol. The van der Waals surface area contributed by atoms with Gasteiger partial charge in [0.15, 0.2) is 0 Å². The zero-order chi connectivity index (χ0) is 17.4. The number of hydrogen-bond acceptors (Lipinski definition) is 5. The number of nitrogens with zero attached hydrogens (tertiary/aromatic N) is 2. The highest BCUT2D eigenvalue weighted by Crippen LogP contribution is 2.40. The minimum Gasteiger partial charge on any atom is -0.349 e. The van der Waals surface area contributed by atoms with Gasteiger partial charge in [-0.1, -0.05) is 24.9 Å². The van der Waals surface area contributed by atoms with Crippen LogP contribution in [0.15, 0.2) is 10.6 Å². The molecule has 2 fully saturated rings. The zero-order valence-corrected chi connectivity index (χ0v) is 16.0. The minimum absolute atomic E-state index is 0. The summed E-state index contributed by atoms with van der Waals surface area (Å²) < 4.78 is 5.46. The Morgan fingerprint density at radius 3 is 2.85 bits per heavy atom. The van der Waals surface area contributed by atoms with Crippen molar-refractivity contribution >= 4 is 29.4 Å². The fourth-order valence-corrected chi connectivity index (χ4v) is 3.96. The molecule has 6 nitrogen and oxygen atoms in total. The summed E-state index contributed by atoms with van der Waals surface area (Å²) in [4.78, 5) is 17.7. The van der Waals surface area contributed by atoms with Crippen LogP contribution in [-0.2, 0) is 6.42 Å². The SMILES string of the molecule is CCCc1noc2nc(C3CC3)cc(C(=O)NC3CCCC3CN)c12.Cl. The third kappa shape index (κ3) is 3.58. The Bertz CT molecular complexity index is 787. The molecule has 0 radical (unpaired) electrons. The average molecular weight is 379 g/mol. The summed E-state index contributed by atoms with van der Waals surface area (Å²) in [5.74, 6) is 0.793. The summed E-state index contributed by atoms with van der Waals surface area (Å²) in [5.41, 5.74) is 8.82. The van der Waals surface area contributed by atoms with Crippen molar-refractivity contribution in [1.29, 1.82) is 0 Å². The number of fused-ring (bicyclic) bond motifs is 1. The summed E-state index contributed by atoms with van der Waals surface area (Å²) in [6, 6.07) is 2.12. The summed E-state index contributed by atoms with van der Waals surface area (Å²) in [6.07, 6.45) is 7.22. The van der Waals surface area contributed by atoms with Crippen LogP contribution < -0.4 is 11.1 Å². The largest absolute Gasteiger partial charge is 0.349 e. The van der Waals surface area contributed by atoms with Crippen molar-refractivity contribution in [3.8, 4) is 0 Å². The second-order valence-electron chi connectivity index (χ2n) is 7.44. The van der Waals surface area contributed by atoms with Crippen LogP contribution in [0.5, 0.6) is 0 Å². The van der Waals surface area contributed by atoms with Crippen molar-refractivity contribution in [2.45, 2.75) is 63.8 Å². The highest BCUT2D eigenvalue weighted by atomic mass is 35.5. The molecule has 142 valence electrons. The molecule has 1 amide bonds. The van der Waals surface area contributed by atoms with Crippen molar-refractivity contribution in [3.63, 3.8) is 0 Å². The highest BCUT2D eigenvalue weighted by molar-refractivity contribution is 6.06. The maximum atomic E-state index is 13.1. The molecule has 0 aliphatic heterocycles. The molecule has 26 heavy (non-hydrogen) atoms. The third-order valence-electron chi connectivity index (χ3n) is 5.54. The molecule has 0 aromatic carbocycles. The van der Waals surface area contributed by atoms with E-state index in [9.17, 15) is 4.79 Å². The van der Waals surface area contributed by atoms with E-state index < -0.39 is 0 Å². The van der Waals surface area contributed by atoms with E-state index in [0.717, 1.165) is 61.7 Å². The standard InChI is InChI=1S/C19H26N4O2.ClH/c1-2-4-15-17-13(18(24)21-14-6-3-5-12(14)10-20)9-16(11-7-8-11)22-19(17)25-23-15;/h9,11-12,14H,2-8,10,20H2,1H3,(H,21,24);1H. The van der Waals surface area contributed by atoms with Crippen molar-refractivity contribution in [1.82, 2.24) is 15.5 Å². The molecule has 0 saturated heterocycles. The Morgan fingerprint density at radius 1 is 1.35 bits per heavy atom. The van der Waals surface area contributed by atoms with E-state index in [2.05, 4.69) is 22.4 Å². The number of aromatic nitrogens is 2. The molecule has 2 aliphatic rings. The predicted octanol–water partition coefficient (Wildman–Crippen LogP) is 3.33. The Labute approximate surface area is 159 Å². The lowest BCUT2D eigenvalue weighted by Crippen LogP contribution is -2.40. The van der Waals surface area contributed by atoms with E-state index >= 15 is 0 Å². The molecule has 7 heteroatoms. The molecule has 2 aromatic heterocycles. The molecule has 2 saturated carbocycles. The summed E-state index contributed by atoms with van der Waals surface area (Å²) >= 11 is 0. The third-order valence-corrected chi connectivity index (χ3v) is 5.54. The molecule has 2 atom stereocenters. The summed E-state index contributed by atoms with van der Waals surface area (Å²) in [6.45, 7) is 2.72. The first-order valence-corrected chi connectivity index (χ1v) is 9.51. The van der Waals surface area contributed by atoms with Gasteiger partial charge in [0.1, 0.15) is 0 Å². The van der Waals surface area contributed by atoms with E-state index in [4.69, 9.17) is 10.3 Å². The van der Waals surface area contributed by atoms with Crippen LogP contribution in [0.2, 0.25) is 0 Å². The Hall–Kier alpha value is -1.66. The van der Waals surface area contributed by atoms with Gasteiger partial charge in [0.05, 0.1) is 16.6 Å². The lowest BCUT2D eigenvalue weighted by Gasteiger charge is -2.20. The first kappa shape index (κ1) is 19.1. The summed E-state index contributed by atoms with van der Waals surface area (Å²) in [5, 5.41) is 8.18. The predicted molar refractivity (Wildman–Crippen MR) is 103 cm³/mol. The van der Waals surface area contributed by atoms with Gasteiger partial charge in [-0.05, 0) is 50.6 Å². The van der Waals surface area contributed by atoms with Crippen molar-refractivity contribution < 1.29 is 9.32 Å². The van der Waals surface area contributed by atoms with Gasteiger partial charge in [-0.25, -0.2) is 4.98 Å². The maximum absolute atomic E-state index is 13.1. The first-order chi connectivity index (χ1) is 12.2. The Morgan fingerprint density at radius 2 is 2.15 bits per heavy atom. The molecule has 2 unspecified atom stereocenters. The number of hydrogen-bond donors (Lipinski definition) is 2. The average Bonchev–Trinajstić information content (AvgIpc) is 3.25. The van der Waals surface area contributed by atoms with E-state index in [0.29, 0.717) is 29.7 Å². The second-order valence-corrected chi connectivity index (χ2v) is 7.44. The highest BCUT2D eigenvalue weighted by Gasteiger charge is 2.31. The number of amides is 1. The van der Waals surface area contributed by atoms with Crippen LogP contribution >= 0.6 is 12.4 Å². The van der Waals surface area contributed by atoms with Gasteiger partial charge in [0, 0.05) is 17.7 Å². The number of carbonyl (C=O) groups excluding carboxylic acids is 1. The molecule has 2 heterocycles. The number of aryl methyl sites for hydroxylation is 1. The number of pyridine rings is 1. The van der Waals surface area contributed by atoms with Gasteiger partial charge in [0.25, 0.3) is 11.6 Å². The van der Waals surface area contributed by atoms with Gasteiger partial charge < -0.3 is 15.6 Å². The first-order valence-electron chi connectivity index (χ1n) is 9.51. The molecule has 0 spiro atoms. The monoisotopic (exact) mass is 378 g/mol. The molecule has 0 bridgehead atoms. The van der Waals surface area contributed by atoms with Crippen LogP contribution in [-0.4, -0.2) is 28.6 Å². The van der Waals surface area contributed by atoms with Crippen molar-refractivity contribution in [2.24, 2.45) is 11.7 Å². The zero-order valence-electron chi connectivity index (χ0n) is 15.2. The van der Waals surface area contributed by atoms with Crippen LogP contribution in [0, 0.1) is 5.92 Å². The van der Waals surface area contributed by atoms with Gasteiger partial charge in [-0.2, -0.15) is 0 Å². The molecular formula is C19H27ClN4O2. The van der Waals surface area contributed by atoms with E-state index in [1.807, 2.05) is 6.07 Å². The molecule has 3 N–H and O–H groups in total. The van der Waals surface area contributed by atoms with Crippen molar-refractivity contribution in [3.05, 3.63) is 23.0 Å². The van der Waals surface area contributed by atoms with Gasteiger partial charge in [0.2, 0.25) is 0 Å². The normalized spacial score (nSPS) is 22.4. The Balaban J connectivity index is 0.00000196. The van der Waals surface area contributed by atoms with Gasteiger partial charge in [-0.3, -0.25) is 4.79 Å². The van der Waals surface area contributed by atoms with Crippen LogP contribution in [0.3, 0.4) is 0 Å². The number of nitrogens with two attached hydrogens (primary N) is 1. The molecule has 2 aliphatic carbocycles. The smallest absolute Gasteiger partial charge is 0.259 e. The van der Waals surface area contributed by atoms with E-state index in [-0.39, 0.29) is 24.4 Å². The fourth-order valence-electron chi connectivity index (χ4n) is 3.96. The number of nitrogens with one attached hydrogen (secondary N) is 1. The number of rotatable bonds is 6. The fraction of sp³-hybridized carbons (Fsp3) is 0.632. The van der Waals surface area contributed by atoms with Crippen LogP contribution in [0.1, 0.15) is 73.1 Å². The summed E-state index contributed by atoms with van der Waals surface area (Å²) in [7, 11) is 0. The van der Waals surface area contributed by atoms with Gasteiger partial charge in [-0.15, -0.1) is 12.4 Å². The van der Waals surface area contributed by atoms with Crippen molar-refractivity contribution in [2.75, 3.05) is 6.54 Å². The topological polar surface area (TPSA) is 94.0 Å². The molecule has 2 aromatic rings.